The minimum Gasteiger partial charge on any atom is -0.316 e. The average molecular weight is 274 g/mol. The van der Waals surface area contributed by atoms with E-state index in [4.69, 9.17) is 0 Å². The second kappa shape index (κ2) is 9.15. The molecule has 0 spiro atoms. The van der Waals surface area contributed by atoms with E-state index >= 15 is 0 Å². The van der Waals surface area contributed by atoms with Crippen molar-refractivity contribution >= 4 is 0 Å². The van der Waals surface area contributed by atoms with Crippen molar-refractivity contribution in [3.63, 3.8) is 0 Å². The van der Waals surface area contributed by atoms with Gasteiger partial charge in [-0.15, -0.1) is 0 Å². The van der Waals surface area contributed by atoms with Crippen LogP contribution >= 0.6 is 0 Å². The normalized spacial score (nSPS) is 18.1. The monoisotopic (exact) mass is 274 g/mol. The van der Waals surface area contributed by atoms with Gasteiger partial charge in [0.2, 0.25) is 0 Å². The van der Waals surface area contributed by atoms with Gasteiger partial charge in [0.25, 0.3) is 0 Å². The van der Waals surface area contributed by atoms with E-state index in [0.717, 1.165) is 19.0 Å². The highest BCUT2D eigenvalue weighted by molar-refractivity contribution is 5.14. The van der Waals surface area contributed by atoms with Crippen molar-refractivity contribution in [3.05, 3.63) is 35.9 Å². The molecule has 1 aromatic carbocycles. The zero-order valence-electron chi connectivity index (χ0n) is 13.0. The van der Waals surface area contributed by atoms with Crippen molar-refractivity contribution in [2.24, 2.45) is 5.92 Å². The van der Waals surface area contributed by atoms with Gasteiger partial charge in [-0.05, 0) is 63.3 Å². The summed E-state index contributed by atoms with van der Waals surface area (Å²) in [7, 11) is 0. The van der Waals surface area contributed by atoms with Crippen LogP contribution < -0.4 is 5.32 Å². The lowest BCUT2D eigenvalue weighted by atomic mass is 10.1. The highest BCUT2D eigenvalue weighted by Gasteiger charge is 2.12. The van der Waals surface area contributed by atoms with Gasteiger partial charge in [-0.1, -0.05) is 43.7 Å². The molecule has 1 aliphatic rings. The summed E-state index contributed by atoms with van der Waals surface area (Å²) in [5.74, 6) is 0.768. The lowest BCUT2D eigenvalue weighted by Crippen LogP contribution is -2.36. The number of likely N-dealkylation sites (tertiary alicyclic amines) is 1. The maximum Gasteiger partial charge on any atom is 0.00191 e. The number of rotatable bonds is 8. The van der Waals surface area contributed by atoms with Crippen molar-refractivity contribution in [1.29, 1.82) is 0 Å². The Kier molecular flexibility index (Phi) is 7.10. The van der Waals surface area contributed by atoms with Crippen LogP contribution in [-0.2, 0) is 6.42 Å². The Morgan fingerprint density at radius 2 is 1.85 bits per heavy atom. The Morgan fingerprint density at radius 1 is 1.10 bits per heavy atom. The highest BCUT2D eigenvalue weighted by Crippen LogP contribution is 2.10. The number of benzene rings is 1. The van der Waals surface area contributed by atoms with E-state index in [1.165, 1.54) is 57.3 Å². The van der Waals surface area contributed by atoms with Crippen LogP contribution in [0.25, 0.3) is 0 Å². The molecule has 0 saturated carbocycles. The zero-order chi connectivity index (χ0) is 14.0. The van der Waals surface area contributed by atoms with E-state index in [-0.39, 0.29) is 0 Å². The largest absolute Gasteiger partial charge is 0.316 e. The van der Waals surface area contributed by atoms with Crippen molar-refractivity contribution in [2.45, 2.75) is 39.0 Å². The summed E-state index contributed by atoms with van der Waals surface area (Å²) < 4.78 is 0. The lowest BCUT2D eigenvalue weighted by molar-refractivity contribution is 0.199. The van der Waals surface area contributed by atoms with Crippen molar-refractivity contribution < 1.29 is 0 Å². The van der Waals surface area contributed by atoms with E-state index < -0.39 is 0 Å². The average Bonchev–Trinajstić information content (AvgIpc) is 2.49. The quantitative estimate of drug-likeness (QED) is 0.732. The number of piperidine rings is 1. The maximum atomic E-state index is 3.62. The second-order valence-corrected chi connectivity index (χ2v) is 6.26. The molecule has 1 N–H and O–H groups in total. The topological polar surface area (TPSA) is 15.3 Å². The Balaban J connectivity index is 1.50. The van der Waals surface area contributed by atoms with Gasteiger partial charge < -0.3 is 10.2 Å². The van der Waals surface area contributed by atoms with Crippen molar-refractivity contribution in [1.82, 2.24) is 10.2 Å². The molecule has 0 aromatic heterocycles. The first kappa shape index (κ1) is 15.5. The van der Waals surface area contributed by atoms with Gasteiger partial charge in [-0.2, -0.15) is 0 Å². The molecule has 112 valence electrons. The molecule has 0 bridgehead atoms. The Morgan fingerprint density at radius 3 is 2.60 bits per heavy atom. The standard InChI is InChI=1S/C18H30N2/c1-17(16-20-13-6-3-7-14-20)15-19-12-8-11-18-9-4-2-5-10-18/h2,4-5,9-10,17,19H,3,6-8,11-16H2,1H3. The van der Waals surface area contributed by atoms with Crippen LogP contribution in [0.2, 0.25) is 0 Å². The molecule has 2 heteroatoms. The van der Waals surface area contributed by atoms with Crippen molar-refractivity contribution in [3.8, 4) is 0 Å². The minimum absolute atomic E-state index is 0.768. The molecule has 1 saturated heterocycles. The first-order valence-corrected chi connectivity index (χ1v) is 8.31. The summed E-state index contributed by atoms with van der Waals surface area (Å²) in [6, 6.07) is 10.8. The first-order chi connectivity index (χ1) is 9.84. The predicted molar refractivity (Wildman–Crippen MR) is 87.1 cm³/mol. The fourth-order valence-corrected chi connectivity index (χ4v) is 3.06. The molecular formula is C18H30N2. The summed E-state index contributed by atoms with van der Waals surface area (Å²) in [6.45, 7) is 8.58. The fraction of sp³-hybridized carbons (Fsp3) is 0.667. The highest BCUT2D eigenvalue weighted by atomic mass is 15.1. The summed E-state index contributed by atoms with van der Waals surface area (Å²) >= 11 is 0. The van der Waals surface area contributed by atoms with Gasteiger partial charge in [0.05, 0.1) is 0 Å². The first-order valence-electron chi connectivity index (χ1n) is 8.31. The molecule has 20 heavy (non-hydrogen) atoms. The smallest absolute Gasteiger partial charge is 0.00191 e. The van der Waals surface area contributed by atoms with Gasteiger partial charge in [0.15, 0.2) is 0 Å². The molecule has 0 aliphatic carbocycles. The predicted octanol–water partition coefficient (Wildman–Crippen LogP) is 3.33. The summed E-state index contributed by atoms with van der Waals surface area (Å²) in [5.41, 5.74) is 1.45. The van der Waals surface area contributed by atoms with Crippen LogP contribution in [0.15, 0.2) is 30.3 Å². The second-order valence-electron chi connectivity index (χ2n) is 6.26. The fourth-order valence-electron chi connectivity index (χ4n) is 3.06. The third-order valence-electron chi connectivity index (χ3n) is 4.17. The van der Waals surface area contributed by atoms with Gasteiger partial charge in [-0.25, -0.2) is 0 Å². The molecule has 1 atom stereocenters. The molecule has 0 radical (unpaired) electrons. The molecule has 1 heterocycles. The Hall–Kier alpha value is -0.860. The van der Waals surface area contributed by atoms with E-state index in [9.17, 15) is 0 Å². The lowest BCUT2D eigenvalue weighted by Gasteiger charge is -2.29. The van der Waals surface area contributed by atoms with Gasteiger partial charge >= 0.3 is 0 Å². The van der Waals surface area contributed by atoms with Crippen LogP contribution in [0, 0.1) is 5.92 Å². The Labute approximate surface area is 124 Å². The number of nitrogens with zero attached hydrogens (tertiary/aromatic N) is 1. The van der Waals surface area contributed by atoms with Crippen LogP contribution in [0.1, 0.15) is 38.2 Å². The third kappa shape index (κ3) is 6.06. The minimum atomic E-state index is 0.768. The van der Waals surface area contributed by atoms with E-state index in [0.29, 0.717) is 0 Å². The van der Waals surface area contributed by atoms with Crippen LogP contribution in [-0.4, -0.2) is 37.6 Å². The molecule has 1 aliphatic heterocycles. The van der Waals surface area contributed by atoms with E-state index in [1.54, 1.807) is 0 Å². The molecule has 1 unspecified atom stereocenters. The molecule has 0 amide bonds. The molecule has 1 aromatic rings. The van der Waals surface area contributed by atoms with Gasteiger partial charge in [-0.3, -0.25) is 0 Å². The maximum absolute atomic E-state index is 3.62. The molecule has 2 rings (SSSR count). The molecule has 2 nitrogen and oxygen atoms in total. The zero-order valence-corrected chi connectivity index (χ0v) is 13.0. The summed E-state index contributed by atoms with van der Waals surface area (Å²) in [4.78, 5) is 2.64. The third-order valence-corrected chi connectivity index (χ3v) is 4.17. The van der Waals surface area contributed by atoms with Crippen LogP contribution in [0.5, 0.6) is 0 Å². The number of hydrogen-bond acceptors (Lipinski definition) is 2. The number of nitrogens with one attached hydrogen (secondary N) is 1. The molecular weight excluding hydrogens is 244 g/mol. The van der Waals surface area contributed by atoms with Crippen LogP contribution in [0.3, 0.4) is 0 Å². The number of hydrogen-bond donors (Lipinski definition) is 1. The Bertz CT molecular complexity index is 344. The van der Waals surface area contributed by atoms with Gasteiger partial charge in [0.1, 0.15) is 0 Å². The molecule has 1 fully saturated rings. The van der Waals surface area contributed by atoms with E-state index in [1.807, 2.05) is 0 Å². The van der Waals surface area contributed by atoms with E-state index in [2.05, 4.69) is 47.5 Å². The summed E-state index contributed by atoms with van der Waals surface area (Å²) in [5, 5.41) is 3.62. The number of aryl methyl sites for hydroxylation is 1. The van der Waals surface area contributed by atoms with Gasteiger partial charge in [0, 0.05) is 6.54 Å². The summed E-state index contributed by atoms with van der Waals surface area (Å²) in [6.07, 6.45) is 6.66. The SMILES string of the molecule is CC(CNCCCc1ccccc1)CN1CCCCC1. The van der Waals surface area contributed by atoms with Crippen LogP contribution in [0.4, 0.5) is 0 Å². The van der Waals surface area contributed by atoms with Crippen molar-refractivity contribution in [2.75, 3.05) is 32.7 Å².